The Morgan fingerprint density at radius 1 is 1.83 bits per heavy atom. The van der Waals surface area contributed by atoms with Crippen LogP contribution in [0.4, 0.5) is 0 Å². The summed E-state index contributed by atoms with van der Waals surface area (Å²) in [5.74, 6) is 0. The normalized spacial score (nSPS) is 19.6. The molecular weight excluding hydrogens is 249 g/mol. The molecule has 0 amide bonds. The molecule has 2 rings (SSSR count). The summed E-state index contributed by atoms with van der Waals surface area (Å²) >= 11 is 1.63. The number of nitrogens with zero attached hydrogens (tertiary/aromatic N) is 3. The Balaban J connectivity index is 2.13. The van der Waals surface area contributed by atoms with Crippen molar-refractivity contribution in [3.05, 3.63) is 28.7 Å². The van der Waals surface area contributed by atoms with Gasteiger partial charge in [0.25, 0.3) is 7.41 Å². The van der Waals surface area contributed by atoms with Crippen molar-refractivity contribution >= 4 is 24.9 Å². The fraction of sp³-hybridized carbons (Fsp3) is 0.455. The molecule has 18 heavy (non-hydrogen) atoms. The molecule has 0 bridgehead atoms. The molecule has 0 spiro atoms. The molecule has 0 fully saturated rings. The van der Waals surface area contributed by atoms with Crippen molar-refractivity contribution in [2.75, 3.05) is 20.2 Å². The first kappa shape index (κ1) is 13.4. The minimum Gasteiger partial charge on any atom is -0.333 e. The maximum atomic E-state index is 10.6. The first-order valence-corrected chi connectivity index (χ1v) is 6.55. The molecule has 0 N–H and O–H groups in total. The Hall–Kier alpha value is -1.02. The third-order valence-electron chi connectivity index (χ3n) is 2.84. The van der Waals surface area contributed by atoms with Crippen molar-refractivity contribution in [3.8, 4) is 0 Å². The molecule has 2 heterocycles. The van der Waals surface area contributed by atoms with Gasteiger partial charge in [0.05, 0.1) is 30.0 Å². The summed E-state index contributed by atoms with van der Waals surface area (Å²) in [5.41, 5.74) is 2.85. The maximum Gasteiger partial charge on any atom is 0.293 e. The van der Waals surface area contributed by atoms with Crippen LogP contribution in [0.1, 0.15) is 16.6 Å². The summed E-state index contributed by atoms with van der Waals surface area (Å²) in [6.45, 7) is 5.51. The molecule has 1 aliphatic heterocycles. The Labute approximate surface area is 111 Å². The van der Waals surface area contributed by atoms with E-state index in [1.807, 2.05) is 22.4 Å². The van der Waals surface area contributed by atoms with Gasteiger partial charge in [0.1, 0.15) is 0 Å². The summed E-state index contributed by atoms with van der Waals surface area (Å²) in [6, 6.07) is 0.0948. The minimum absolute atomic E-state index is 0.0948. The second-order valence-electron chi connectivity index (χ2n) is 4.02. The fourth-order valence-corrected chi connectivity index (χ4v) is 2.90. The van der Waals surface area contributed by atoms with Crippen LogP contribution in [-0.2, 0) is 16.2 Å². The number of aromatic nitrogens is 1. The summed E-state index contributed by atoms with van der Waals surface area (Å²) in [4.78, 5) is 23.6. The Morgan fingerprint density at radius 2 is 2.67 bits per heavy atom. The summed E-state index contributed by atoms with van der Waals surface area (Å²) in [7, 11) is 3.44. The Morgan fingerprint density at radius 3 is 3.39 bits per heavy atom. The SMILES string of the molecule is C=CCON(C)C1CN([B]C=O)Cc2ncsc21. The molecule has 0 aliphatic carbocycles. The molecule has 7 heteroatoms. The predicted octanol–water partition coefficient (Wildman–Crippen LogP) is 0.859. The van der Waals surface area contributed by atoms with Crippen molar-refractivity contribution in [3.63, 3.8) is 0 Å². The lowest BCUT2D eigenvalue weighted by Gasteiger charge is -2.35. The summed E-state index contributed by atoms with van der Waals surface area (Å²) in [6.07, 6.45) is 2.52. The molecule has 0 saturated heterocycles. The van der Waals surface area contributed by atoms with Gasteiger partial charge in [-0.1, -0.05) is 6.08 Å². The van der Waals surface area contributed by atoms with E-state index in [4.69, 9.17) is 4.84 Å². The highest BCUT2D eigenvalue weighted by Gasteiger charge is 2.30. The number of hydrogen-bond acceptors (Lipinski definition) is 6. The number of carbonyl (C=O) groups is 1. The van der Waals surface area contributed by atoms with E-state index in [1.54, 1.807) is 24.8 Å². The van der Waals surface area contributed by atoms with Crippen LogP contribution >= 0.6 is 11.3 Å². The third-order valence-corrected chi connectivity index (χ3v) is 3.81. The molecule has 0 aromatic carbocycles. The molecular formula is C11H15BN3O2S. The molecule has 1 aromatic rings. The van der Waals surface area contributed by atoms with E-state index >= 15 is 0 Å². The van der Waals surface area contributed by atoms with Gasteiger partial charge in [-0.15, -0.1) is 17.9 Å². The Kier molecular flexibility index (Phi) is 4.65. The molecule has 1 atom stereocenters. The molecule has 1 aromatic heterocycles. The topological polar surface area (TPSA) is 45.7 Å². The smallest absolute Gasteiger partial charge is 0.293 e. The van der Waals surface area contributed by atoms with Gasteiger partial charge in [-0.2, -0.15) is 5.06 Å². The van der Waals surface area contributed by atoms with Crippen molar-refractivity contribution in [2.45, 2.75) is 12.6 Å². The molecule has 1 unspecified atom stereocenters. The zero-order valence-electron chi connectivity index (χ0n) is 10.3. The van der Waals surface area contributed by atoms with Crippen molar-refractivity contribution in [1.82, 2.24) is 14.9 Å². The summed E-state index contributed by atoms with van der Waals surface area (Å²) < 4.78 is 0. The lowest BCUT2D eigenvalue weighted by molar-refractivity contribution is -0.162. The quantitative estimate of drug-likeness (QED) is 0.330. The number of hydrogen-bond donors (Lipinski definition) is 0. The lowest BCUT2D eigenvalue weighted by Crippen LogP contribution is -2.42. The van der Waals surface area contributed by atoms with Crippen LogP contribution in [-0.4, -0.2) is 48.7 Å². The molecule has 5 nitrogen and oxygen atoms in total. The molecule has 1 aliphatic rings. The van der Waals surface area contributed by atoms with Gasteiger partial charge in [-0.05, 0) is 0 Å². The zero-order chi connectivity index (χ0) is 13.0. The third kappa shape index (κ3) is 2.86. The van der Waals surface area contributed by atoms with E-state index in [0.29, 0.717) is 13.2 Å². The average molecular weight is 264 g/mol. The van der Waals surface area contributed by atoms with E-state index in [1.165, 1.54) is 4.88 Å². The van der Waals surface area contributed by atoms with Crippen LogP contribution in [0.5, 0.6) is 0 Å². The largest absolute Gasteiger partial charge is 0.333 e. The van der Waals surface area contributed by atoms with Crippen LogP contribution in [0.3, 0.4) is 0 Å². The first-order chi connectivity index (χ1) is 8.76. The minimum atomic E-state index is 0.0948. The number of fused-ring (bicyclic) bond motifs is 1. The van der Waals surface area contributed by atoms with E-state index in [-0.39, 0.29) is 6.04 Å². The second-order valence-corrected chi connectivity index (χ2v) is 4.91. The number of hydroxylamine groups is 2. The van der Waals surface area contributed by atoms with Gasteiger partial charge in [0, 0.05) is 25.0 Å². The second kappa shape index (κ2) is 6.24. The fourth-order valence-electron chi connectivity index (χ4n) is 1.97. The van der Waals surface area contributed by atoms with Crippen LogP contribution in [0.25, 0.3) is 0 Å². The molecule has 1 radical (unpaired) electrons. The zero-order valence-corrected chi connectivity index (χ0v) is 11.1. The predicted molar refractivity (Wildman–Crippen MR) is 71.7 cm³/mol. The number of likely N-dealkylation sites (N-methyl/N-ethyl adjacent to an activating group) is 1. The van der Waals surface area contributed by atoms with Crippen molar-refractivity contribution in [1.29, 1.82) is 0 Å². The van der Waals surface area contributed by atoms with Crippen LogP contribution < -0.4 is 0 Å². The first-order valence-electron chi connectivity index (χ1n) is 5.67. The highest BCUT2D eigenvalue weighted by molar-refractivity contribution is 7.09. The van der Waals surface area contributed by atoms with E-state index in [9.17, 15) is 4.79 Å². The number of carbonyl (C=O) groups excluding carboxylic acids is 1. The average Bonchev–Trinajstić information content (AvgIpc) is 2.83. The van der Waals surface area contributed by atoms with Crippen molar-refractivity contribution in [2.24, 2.45) is 0 Å². The van der Waals surface area contributed by atoms with Gasteiger partial charge in [0.15, 0.2) is 0 Å². The summed E-state index contributed by atoms with van der Waals surface area (Å²) in [5, 5.41) is 1.81. The number of thiazole rings is 1. The maximum absolute atomic E-state index is 10.6. The lowest BCUT2D eigenvalue weighted by atomic mass is 9.90. The molecule has 95 valence electrons. The van der Waals surface area contributed by atoms with E-state index in [2.05, 4.69) is 11.6 Å². The van der Waals surface area contributed by atoms with Gasteiger partial charge >= 0.3 is 0 Å². The highest BCUT2D eigenvalue weighted by atomic mass is 32.1. The van der Waals surface area contributed by atoms with Crippen LogP contribution in [0, 0.1) is 0 Å². The van der Waals surface area contributed by atoms with E-state index < -0.39 is 0 Å². The standard InChI is InChI=1S/C11H15BN3O2S/c1-3-4-17-14(2)10-6-15(12-7-16)5-9-11(10)18-8-13-9/h3,7-8,10H,1,4-6H2,2H3. The Bertz CT molecular complexity index is 426. The van der Waals surface area contributed by atoms with Gasteiger partial charge < -0.3 is 9.61 Å². The van der Waals surface area contributed by atoms with Crippen LogP contribution in [0.2, 0.25) is 0 Å². The van der Waals surface area contributed by atoms with Gasteiger partial charge in [0.2, 0.25) is 0 Å². The van der Waals surface area contributed by atoms with Crippen molar-refractivity contribution < 1.29 is 9.63 Å². The van der Waals surface area contributed by atoms with Gasteiger partial charge in [-0.25, -0.2) is 4.98 Å². The van der Waals surface area contributed by atoms with Gasteiger partial charge in [-0.3, -0.25) is 4.84 Å². The molecule has 0 saturated carbocycles. The number of rotatable bonds is 6. The monoisotopic (exact) mass is 264 g/mol. The van der Waals surface area contributed by atoms with Crippen LogP contribution in [0.15, 0.2) is 18.2 Å². The van der Waals surface area contributed by atoms with E-state index in [0.717, 1.165) is 18.4 Å². The highest BCUT2D eigenvalue weighted by Crippen LogP contribution is 2.32.